The smallest absolute Gasteiger partial charge is 0.266 e. The number of fused-ring (bicyclic) bond motifs is 1. The second-order valence-electron chi connectivity index (χ2n) is 7.83. The summed E-state index contributed by atoms with van der Waals surface area (Å²) in [6, 6.07) is 19.3. The molecule has 2 aromatic carbocycles. The predicted molar refractivity (Wildman–Crippen MR) is 142 cm³/mol. The molecular weight excluding hydrogens is 502 g/mol. The third-order valence-electron chi connectivity index (χ3n) is 5.41. The number of halogens is 1. The van der Waals surface area contributed by atoms with E-state index in [1.54, 1.807) is 30.5 Å². The molecule has 5 rings (SSSR count). The molecule has 1 aliphatic rings. The van der Waals surface area contributed by atoms with Gasteiger partial charge in [0.25, 0.3) is 11.5 Å². The van der Waals surface area contributed by atoms with Gasteiger partial charge < -0.3 is 0 Å². The molecule has 9 heteroatoms. The van der Waals surface area contributed by atoms with Gasteiger partial charge in [0.2, 0.25) is 0 Å². The Kier molecular flexibility index (Phi) is 6.55. The summed E-state index contributed by atoms with van der Waals surface area (Å²) in [5, 5.41) is 0.513. The highest BCUT2D eigenvalue weighted by Crippen LogP contribution is 2.36. The van der Waals surface area contributed by atoms with Gasteiger partial charge in [-0.25, -0.2) is 9.37 Å². The van der Waals surface area contributed by atoms with Gasteiger partial charge in [0.05, 0.1) is 17.0 Å². The monoisotopic (exact) mass is 519 g/mol. The first kappa shape index (κ1) is 23.5. The van der Waals surface area contributed by atoms with Crippen LogP contribution in [0.25, 0.3) is 11.7 Å². The summed E-state index contributed by atoms with van der Waals surface area (Å²) in [5.74, 6) is -0.643. The van der Waals surface area contributed by atoms with Crippen molar-refractivity contribution in [1.82, 2.24) is 14.3 Å². The van der Waals surface area contributed by atoms with Crippen molar-refractivity contribution in [3.8, 4) is 0 Å². The lowest BCUT2D eigenvalue weighted by atomic mass is 10.2. The molecule has 0 atom stereocenters. The number of nitrogens with zero attached hydrogens (tertiary/aromatic N) is 3. The number of aryl methyl sites for hydroxylation is 1. The zero-order chi connectivity index (χ0) is 24.5. The molecular formula is C26H18FN3O2S3. The maximum atomic E-state index is 13.5. The molecule has 0 radical (unpaired) electrons. The summed E-state index contributed by atoms with van der Waals surface area (Å²) >= 11 is 7.96. The number of thioether (sulfide) groups is 1. The predicted octanol–water partition coefficient (Wildman–Crippen LogP) is 5.69. The van der Waals surface area contributed by atoms with Gasteiger partial charge in [0.15, 0.2) is 0 Å². The van der Waals surface area contributed by atoms with E-state index in [-0.39, 0.29) is 23.8 Å². The molecule has 1 amide bonds. The largest absolute Gasteiger partial charge is 0.288 e. The maximum absolute atomic E-state index is 13.5. The first-order valence-corrected chi connectivity index (χ1v) is 12.7. The Balaban J connectivity index is 1.57. The topological polar surface area (TPSA) is 54.7 Å². The molecule has 3 heterocycles. The summed E-state index contributed by atoms with van der Waals surface area (Å²) in [6.07, 6.45) is 3.26. The Bertz CT molecular complexity index is 1550. The van der Waals surface area contributed by atoms with Crippen molar-refractivity contribution in [3.63, 3.8) is 0 Å². The van der Waals surface area contributed by atoms with Crippen LogP contribution in [0.4, 0.5) is 4.39 Å². The van der Waals surface area contributed by atoms with E-state index in [4.69, 9.17) is 17.2 Å². The highest BCUT2D eigenvalue weighted by molar-refractivity contribution is 8.26. The second-order valence-corrected chi connectivity index (χ2v) is 10.6. The van der Waals surface area contributed by atoms with Gasteiger partial charge in [-0.3, -0.25) is 18.9 Å². The Labute approximate surface area is 214 Å². The molecule has 1 aliphatic heterocycles. The number of hydrogen-bond acceptors (Lipinski definition) is 6. The van der Waals surface area contributed by atoms with E-state index in [1.165, 1.54) is 33.2 Å². The lowest BCUT2D eigenvalue weighted by Gasteiger charge is -2.14. The van der Waals surface area contributed by atoms with Crippen molar-refractivity contribution < 1.29 is 9.18 Å². The molecule has 1 fully saturated rings. The number of hydrogen-bond donors (Lipinski definition) is 0. The fourth-order valence-electron chi connectivity index (χ4n) is 3.63. The Morgan fingerprint density at radius 2 is 1.80 bits per heavy atom. The zero-order valence-corrected chi connectivity index (χ0v) is 20.9. The minimum absolute atomic E-state index is 0.224. The molecule has 0 unspecified atom stereocenters. The summed E-state index contributed by atoms with van der Waals surface area (Å²) < 4.78 is 15.1. The van der Waals surface area contributed by atoms with E-state index in [1.807, 2.05) is 43.3 Å². The normalized spacial score (nSPS) is 14.9. The highest BCUT2D eigenvalue weighted by Gasteiger charge is 2.32. The van der Waals surface area contributed by atoms with Crippen molar-refractivity contribution in [2.45, 2.75) is 23.4 Å². The number of benzene rings is 2. The number of pyridine rings is 1. The van der Waals surface area contributed by atoms with E-state index >= 15 is 0 Å². The van der Waals surface area contributed by atoms with Crippen LogP contribution in [-0.2, 0) is 11.3 Å². The molecule has 0 N–H and O–H groups in total. The number of carbonyl (C=O) groups excluding carboxylic acids is 1. The van der Waals surface area contributed by atoms with Crippen molar-refractivity contribution >= 4 is 57.7 Å². The standard InChI is InChI=1S/C26H18FN3O2S3/c1-16-6-5-13-29-22(16)28-23(34-19-7-3-2-4-8-19)20(24(29)31)14-21-25(32)30(26(33)35-21)15-17-9-11-18(27)12-10-17/h2-14H,15H2,1H3. The summed E-state index contributed by atoms with van der Waals surface area (Å²) in [5.41, 5.74) is 2.26. The summed E-state index contributed by atoms with van der Waals surface area (Å²) in [7, 11) is 0. The minimum atomic E-state index is -0.345. The van der Waals surface area contributed by atoms with Crippen LogP contribution in [0, 0.1) is 12.7 Å². The van der Waals surface area contributed by atoms with Crippen LogP contribution in [0.5, 0.6) is 0 Å². The summed E-state index contributed by atoms with van der Waals surface area (Å²) in [4.78, 5) is 34.3. The number of thiocarbonyl (C=S) groups is 1. The lowest BCUT2D eigenvalue weighted by Crippen LogP contribution is -2.27. The first-order chi connectivity index (χ1) is 16.9. The van der Waals surface area contributed by atoms with Gasteiger partial charge in [0.1, 0.15) is 20.8 Å². The summed E-state index contributed by atoms with van der Waals surface area (Å²) in [6.45, 7) is 2.13. The molecule has 1 saturated heterocycles. The number of aromatic nitrogens is 2. The minimum Gasteiger partial charge on any atom is -0.288 e. The maximum Gasteiger partial charge on any atom is 0.266 e. The van der Waals surface area contributed by atoms with Crippen LogP contribution < -0.4 is 5.56 Å². The van der Waals surface area contributed by atoms with Crippen LogP contribution in [0.15, 0.2) is 92.5 Å². The van der Waals surface area contributed by atoms with Crippen molar-refractivity contribution in [1.29, 1.82) is 0 Å². The van der Waals surface area contributed by atoms with Gasteiger partial charge >= 0.3 is 0 Å². The molecule has 4 aromatic rings. The fraction of sp³-hybridized carbons (Fsp3) is 0.0769. The van der Waals surface area contributed by atoms with Crippen LogP contribution in [0.1, 0.15) is 16.7 Å². The molecule has 0 bridgehead atoms. The molecule has 35 heavy (non-hydrogen) atoms. The van der Waals surface area contributed by atoms with Gasteiger partial charge in [-0.15, -0.1) is 0 Å². The van der Waals surface area contributed by atoms with E-state index in [2.05, 4.69) is 0 Å². The van der Waals surface area contributed by atoms with Gasteiger partial charge in [0, 0.05) is 11.1 Å². The van der Waals surface area contributed by atoms with Crippen molar-refractivity contribution in [3.05, 3.63) is 111 Å². The van der Waals surface area contributed by atoms with Crippen molar-refractivity contribution in [2.75, 3.05) is 0 Å². The lowest BCUT2D eigenvalue weighted by molar-refractivity contribution is -0.122. The van der Waals surface area contributed by atoms with Gasteiger partial charge in [-0.2, -0.15) is 0 Å². The number of amides is 1. The van der Waals surface area contributed by atoms with E-state index in [0.717, 1.165) is 27.8 Å². The SMILES string of the molecule is Cc1cccn2c(=O)c(C=C3SC(=S)N(Cc4ccc(F)cc4)C3=O)c(Sc3ccccc3)nc12. The Hall–Kier alpha value is -3.27. The number of rotatable bonds is 5. The van der Waals surface area contributed by atoms with Crippen LogP contribution in [0.3, 0.4) is 0 Å². The molecule has 0 spiro atoms. The second kappa shape index (κ2) is 9.77. The molecule has 5 nitrogen and oxygen atoms in total. The van der Waals surface area contributed by atoms with Gasteiger partial charge in [-0.1, -0.05) is 72.1 Å². The van der Waals surface area contributed by atoms with E-state index in [0.29, 0.717) is 25.5 Å². The Morgan fingerprint density at radius 1 is 1.06 bits per heavy atom. The van der Waals surface area contributed by atoms with Crippen molar-refractivity contribution in [2.24, 2.45) is 0 Å². The third-order valence-corrected chi connectivity index (χ3v) is 7.80. The zero-order valence-electron chi connectivity index (χ0n) is 18.5. The fourth-order valence-corrected chi connectivity index (χ4v) is 5.78. The van der Waals surface area contributed by atoms with E-state index < -0.39 is 0 Å². The molecule has 2 aromatic heterocycles. The average molecular weight is 520 g/mol. The van der Waals surface area contributed by atoms with Crippen LogP contribution in [0.2, 0.25) is 0 Å². The van der Waals surface area contributed by atoms with E-state index in [9.17, 15) is 14.0 Å². The first-order valence-electron chi connectivity index (χ1n) is 10.7. The Morgan fingerprint density at radius 3 is 2.54 bits per heavy atom. The van der Waals surface area contributed by atoms with Crippen LogP contribution >= 0.6 is 35.7 Å². The van der Waals surface area contributed by atoms with Crippen LogP contribution in [-0.4, -0.2) is 24.5 Å². The highest BCUT2D eigenvalue weighted by atomic mass is 32.2. The third kappa shape index (κ3) is 4.80. The van der Waals surface area contributed by atoms with Gasteiger partial charge in [-0.05, 0) is 54.5 Å². The number of carbonyl (C=O) groups is 1. The molecule has 0 aliphatic carbocycles. The molecule has 174 valence electrons. The average Bonchev–Trinajstić information content (AvgIpc) is 3.11. The quantitative estimate of drug-likeness (QED) is 0.192. The molecule has 0 saturated carbocycles.